The highest BCUT2D eigenvalue weighted by Crippen LogP contribution is 2.53. The van der Waals surface area contributed by atoms with Gasteiger partial charge in [-0.15, -0.1) is 0 Å². The molecule has 8 heteroatoms. The first-order chi connectivity index (χ1) is 19.2. The van der Waals surface area contributed by atoms with E-state index >= 15 is 0 Å². The molecule has 1 N–H and O–H groups in total. The molecule has 2 aliphatic heterocycles. The van der Waals surface area contributed by atoms with Crippen LogP contribution in [0.5, 0.6) is 0 Å². The highest BCUT2D eigenvalue weighted by Gasteiger charge is 2.58. The van der Waals surface area contributed by atoms with Crippen LogP contribution < -0.4 is 4.90 Å². The minimum atomic E-state index is -4.09. The Balaban J connectivity index is 1.14. The summed E-state index contributed by atoms with van der Waals surface area (Å²) in [7, 11) is 0. The molecule has 0 aromatic heterocycles. The number of likely N-dealkylation sites (tertiary alicyclic amines) is 2. The van der Waals surface area contributed by atoms with Crippen LogP contribution in [0.4, 0.5) is 18.9 Å². The quantitative estimate of drug-likeness (QED) is 0.419. The Morgan fingerprint density at radius 1 is 0.950 bits per heavy atom. The Morgan fingerprint density at radius 2 is 1.57 bits per heavy atom. The molecule has 1 aliphatic carbocycles. The first-order valence-electron chi connectivity index (χ1n) is 14.9. The second-order valence-electron chi connectivity index (χ2n) is 12.1. The van der Waals surface area contributed by atoms with Gasteiger partial charge in [0, 0.05) is 44.0 Å². The van der Waals surface area contributed by atoms with Crippen LogP contribution >= 0.6 is 0 Å². The van der Waals surface area contributed by atoms with Crippen molar-refractivity contribution in [3.8, 4) is 11.1 Å². The Bertz CT molecular complexity index is 1120. The molecule has 0 radical (unpaired) electrons. The van der Waals surface area contributed by atoms with Gasteiger partial charge in [-0.2, -0.15) is 13.2 Å². The summed E-state index contributed by atoms with van der Waals surface area (Å²) in [5.41, 5.74) is 2.44. The highest BCUT2D eigenvalue weighted by atomic mass is 19.4. The number of hydrogen-bond acceptors (Lipinski definition) is 4. The third kappa shape index (κ3) is 6.33. The maximum Gasteiger partial charge on any atom is 0.395 e. The summed E-state index contributed by atoms with van der Waals surface area (Å²) in [6, 6.07) is 16.1. The molecule has 2 aromatic rings. The predicted octanol–water partition coefficient (Wildman–Crippen LogP) is 6.22. The van der Waals surface area contributed by atoms with Crippen LogP contribution in [-0.2, 0) is 0 Å². The predicted molar refractivity (Wildman–Crippen MR) is 152 cm³/mol. The van der Waals surface area contributed by atoms with Crippen molar-refractivity contribution in [2.24, 2.45) is 11.3 Å². The van der Waals surface area contributed by atoms with Gasteiger partial charge in [0.1, 0.15) is 0 Å². The molecule has 0 bridgehead atoms. The van der Waals surface area contributed by atoms with Gasteiger partial charge in [0.15, 0.2) is 0 Å². The first-order valence-corrected chi connectivity index (χ1v) is 14.9. The largest absolute Gasteiger partial charge is 0.395 e. The van der Waals surface area contributed by atoms with Gasteiger partial charge >= 0.3 is 6.18 Å². The molecule has 1 atom stereocenters. The number of carbonyl (C=O) groups is 1. The van der Waals surface area contributed by atoms with Crippen molar-refractivity contribution >= 4 is 11.6 Å². The summed E-state index contributed by atoms with van der Waals surface area (Å²) in [4.78, 5) is 18.9. The third-order valence-corrected chi connectivity index (χ3v) is 9.39. The second kappa shape index (κ2) is 12.1. The number of benzene rings is 2. The van der Waals surface area contributed by atoms with E-state index in [2.05, 4.69) is 36.1 Å². The average Bonchev–Trinajstić information content (AvgIpc) is 2.93. The number of carbonyl (C=O) groups excluding carboxylic acids is 1. The van der Waals surface area contributed by atoms with Crippen LogP contribution in [0.3, 0.4) is 0 Å². The Kier molecular flexibility index (Phi) is 8.76. The van der Waals surface area contributed by atoms with Gasteiger partial charge in [0.05, 0.1) is 11.5 Å². The number of aliphatic hydroxyl groups is 1. The Morgan fingerprint density at radius 3 is 2.10 bits per heavy atom. The lowest BCUT2D eigenvalue weighted by atomic mass is 9.67. The summed E-state index contributed by atoms with van der Waals surface area (Å²) >= 11 is 0. The van der Waals surface area contributed by atoms with E-state index in [0.717, 1.165) is 68.7 Å². The van der Waals surface area contributed by atoms with Gasteiger partial charge in [0.25, 0.3) is 5.91 Å². The van der Waals surface area contributed by atoms with E-state index in [1.807, 2.05) is 29.2 Å². The molecule has 2 aromatic carbocycles. The van der Waals surface area contributed by atoms with E-state index in [1.54, 1.807) is 4.90 Å². The van der Waals surface area contributed by atoms with E-state index in [0.29, 0.717) is 31.0 Å². The van der Waals surface area contributed by atoms with Crippen molar-refractivity contribution in [1.82, 2.24) is 9.80 Å². The van der Waals surface area contributed by atoms with Crippen molar-refractivity contribution in [3.63, 3.8) is 0 Å². The summed E-state index contributed by atoms with van der Waals surface area (Å²) in [5, 5.41) is 9.89. The Hall–Kier alpha value is -2.58. The molecule has 5 nitrogen and oxygen atoms in total. The smallest absolute Gasteiger partial charge is 0.391 e. The van der Waals surface area contributed by atoms with Crippen molar-refractivity contribution < 1.29 is 23.1 Å². The molecule has 1 unspecified atom stereocenters. The number of piperidine rings is 2. The lowest BCUT2D eigenvalue weighted by molar-refractivity contribution is -0.256. The van der Waals surface area contributed by atoms with Crippen LogP contribution in [0.15, 0.2) is 48.5 Å². The van der Waals surface area contributed by atoms with Gasteiger partial charge in [-0.05, 0) is 99.8 Å². The number of nitrogens with zero attached hydrogens (tertiary/aromatic N) is 3. The minimum absolute atomic E-state index is 0.0343. The van der Waals surface area contributed by atoms with Gasteiger partial charge in [0.2, 0.25) is 0 Å². The third-order valence-electron chi connectivity index (χ3n) is 9.39. The molecule has 2 heterocycles. The highest BCUT2D eigenvalue weighted by molar-refractivity contribution is 5.94. The van der Waals surface area contributed by atoms with Crippen molar-refractivity contribution in [2.45, 2.75) is 64.1 Å². The van der Waals surface area contributed by atoms with Crippen molar-refractivity contribution in [1.29, 1.82) is 0 Å². The summed E-state index contributed by atoms with van der Waals surface area (Å²) < 4.78 is 40.8. The van der Waals surface area contributed by atoms with E-state index in [9.17, 15) is 23.1 Å². The molecule has 0 spiro atoms. The SMILES string of the molecule is CCN(CC1CCN(CC2(C(F)(F)F)CCC2)CC1)c1ccc(-c2ccc(C(=O)N3CCCC(O)C3)cc2)cc1. The summed E-state index contributed by atoms with van der Waals surface area (Å²) in [6.45, 7) is 6.67. The van der Waals surface area contributed by atoms with Gasteiger partial charge in [-0.3, -0.25) is 4.79 Å². The van der Waals surface area contributed by atoms with Gasteiger partial charge in [-0.1, -0.05) is 30.7 Å². The average molecular weight is 558 g/mol. The maximum atomic E-state index is 13.6. The number of aliphatic hydroxyl groups excluding tert-OH is 1. The normalized spacial score (nSPS) is 22.1. The van der Waals surface area contributed by atoms with Crippen LogP contribution in [0, 0.1) is 11.3 Å². The number of rotatable bonds is 8. The van der Waals surface area contributed by atoms with Crippen LogP contribution in [0.1, 0.15) is 62.2 Å². The summed E-state index contributed by atoms with van der Waals surface area (Å²) in [5.74, 6) is 0.443. The molecule has 218 valence electrons. The van der Waals surface area contributed by atoms with E-state index < -0.39 is 17.7 Å². The second-order valence-corrected chi connectivity index (χ2v) is 12.1. The molecule has 2 saturated heterocycles. The zero-order valence-electron chi connectivity index (χ0n) is 23.5. The molecule has 1 saturated carbocycles. The lowest BCUT2D eigenvalue weighted by Gasteiger charge is -2.47. The minimum Gasteiger partial charge on any atom is -0.391 e. The van der Waals surface area contributed by atoms with Crippen molar-refractivity contribution in [3.05, 3.63) is 54.1 Å². The van der Waals surface area contributed by atoms with Crippen LogP contribution in [0.25, 0.3) is 11.1 Å². The van der Waals surface area contributed by atoms with Crippen LogP contribution in [-0.4, -0.2) is 78.9 Å². The monoisotopic (exact) mass is 557 g/mol. The zero-order chi connectivity index (χ0) is 28.3. The van der Waals surface area contributed by atoms with E-state index in [-0.39, 0.29) is 25.3 Å². The number of alkyl halides is 3. The fourth-order valence-electron chi connectivity index (χ4n) is 6.61. The number of β-amino-alcohol motifs (C(OH)–C–C–N with tert-alkyl or cyclic N) is 1. The topological polar surface area (TPSA) is 47.0 Å². The zero-order valence-corrected chi connectivity index (χ0v) is 23.5. The standard InChI is InChI=1S/C32H42F3N3O2/c1-2-37(21-24-14-19-36(20-15-24)23-31(16-4-17-31)32(33,34)35)28-12-10-26(11-13-28)25-6-8-27(9-7-25)30(40)38-18-3-5-29(39)22-38/h6-13,24,29,39H,2-5,14-23H2,1H3. The number of anilines is 1. The molecule has 3 aliphatic rings. The fraction of sp³-hybridized carbons (Fsp3) is 0.594. The number of amides is 1. The molecular formula is C32H42F3N3O2. The van der Waals surface area contributed by atoms with Gasteiger partial charge in [-0.25, -0.2) is 0 Å². The molecule has 40 heavy (non-hydrogen) atoms. The number of halogens is 3. The lowest BCUT2D eigenvalue weighted by Crippen LogP contribution is -2.53. The Labute approximate surface area is 236 Å². The summed E-state index contributed by atoms with van der Waals surface area (Å²) in [6.07, 6.45) is 0.166. The molecule has 5 rings (SSSR count). The molecule has 1 amide bonds. The number of hydrogen-bond donors (Lipinski definition) is 1. The van der Waals surface area contributed by atoms with Crippen LogP contribution in [0.2, 0.25) is 0 Å². The van der Waals surface area contributed by atoms with Gasteiger partial charge < -0.3 is 19.8 Å². The molecule has 3 fully saturated rings. The fourth-order valence-corrected chi connectivity index (χ4v) is 6.61. The maximum absolute atomic E-state index is 13.6. The molecular weight excluding hydrogens is 515 g/mol. The van der Waals surface area contributed by atoms with E-state index in [1.165, 1.54) is 0 Å². The first kappa shape index (κ1) is 28.9. The van der Waals surface area contributed by atoms with E-state index in [4.69, 9.17) is 0 Å². The van der Waals surface area contributed by atoms with Crippen molar-refractivity contribution in [2.75, 3.05) is 50.7 Å².